The Morgan fingerprint density at radius 2 is 2.00 bits per heavy atom. The summed E-state index contributed by atoms with van der Waals surface area (Å²) in [5, 5.41) is 0. The Kier molecular flexibility index (Phi) is 4.15. The highest BCUT2D eigenvalue weighted by atomic mass is 32.2. The molecule has 0 radical (unpaired) electrons. The number of benzene rings is 1. The molecular weight excluding hydrogens is 294 g/mol. The predicted octanol–water partition coefficient (Wildman–Crippen LogP) is 1.52. The van der Waals surface area contributed by atoms with Gasteiger partial charge in [0.15, 0.2) is 9.84 Å². The second-order valence-electron chi connectivity index (χ2n) is 4.52. The quantitative estimate of drug-likeness (QED) is 0.859. The molecule has 1 atom stereocenters. The summed E-state index contributed by atoms with van der Waals surface area (Å²) in [6.07, 6.45) is 1.12. The monoisotopic (exact) mass is 309 g/mol. The van der Waals surface area contributed by atoms with Crippen LogP contribution in [-0.4, -0.2) is 27.8 Å². The Hall–Kier alpha value is -2.12. The molecule has 112 valence electrons. The van der Waals surface area contributed by atoms with E-state index in [9.17, 15) is 13.2 Å². The fourth-order valence-electron chi connectivity index (χ4n) is 1.83. The van der Waals surface area contributed by atoms with Crippen LogP contribution in [0.1, 0.15) is 27.9 Å². The molecule has 0 amide bonds. The third kappa shape index (κ3) is 3.32. The van der Waals surface area contributed by atoms with Crippen molar-refractivity contribution in [3.8, 4) is 0 Å². The van der Waals surface area contributed by atoms with Crippen molar-refractivity contribution in [2.45, 2.75) is 10.9 Å². The number of nitrogens with two attached hydrogens (primary N) is 1. The van der Waals surface area contributed by atoms with E-state index in [-0.39, 0.29) is 10.7 Å². The number of carbonyl (C=O) groups excluding carboxylic acids is 1. The number of ether oxygens (including phenoxy) is 1. The maximum atomic E-state index is 11.6. The molecule has 0 saturated heterocycles. The van der Waals surface area contributed by atoms with E-state index in [4.69, 9.17) is 10.2 Å². The summed E-state index contributed by atoms with van der Waals surface area (Å²) >= 11 is 0. The summed E-state index contributed by atoms with van der Waals surface area (Å²) in [5.74, 6) is -0.207. The fraction of sp³-hybridized carbons (Fsp3) is 0.214. The summed E-state index contributed by atoms with van der Waals surface area (Å²) in [7, 11) is -2.06. The molecule has 0 saturated carbocycles. The maximum Gasteiger partial charge on any atom is 0.373 e. The van der Waals surface area contributed by atoms with Crippen LogP contribution >= 0.6 is 0 Å². The molecule has 21 heavy (non-hydrogen) atoms. The first-order chi connectivity index (χ1) is 9.82. The van der Waals surface area contributed by atoms with Gasteiger partial charge >= 0.3 is 5.97 Å². The van der Waals surface area contributed by atoms with Crippen LogP contribution in [0.25, 0.3) is 0 Å². The van der Waals surface area contributed by atoms with Crippen LogP contribution in [0.15, 0.2) is 45.7 Å². The van der Waals surface area contributed by atoms with E-state index in [0.717, 1.165) is 6.26 Å². The molecule has 0 aliphatic heterocycles. The molecular formula is C14H15NO5S. The zero-order valence-electron chi connectivity index (χ0n) is 11.6. The molecule has 7 heteroatoms. The lowest BCUT2D eigenvalue weighted by Crippen LogP contribution is -2.12. The van der Waals surface area contributed by atoms with E-state index in [0.29, 0.717) is 11.3 Å². The average Bonchev–Trinajstić information content (AvgIpc) is 2.94. The second-order valence-corrected chi connectivity index (χ2v) is 6.53. The summed E-state index contributed by atoms with van der Waals surface area (Å²) < 4.78 is 33.0. The topological polar surface area (TPSA) is 99.6 Å². The molecule has 2 rings (SSSR count). The molecule has 1 unspecified atom stereocenters. The van der Waals surface area contributed by atoms with Gasteiger partial charge in [0.25, 0.3) is 0 Å². The molecule has 1 aromatic heterocycles. The van der Waals surface area contributed by atoms with Gasteiger partial charge in [0.2, 0.25) is 5.76 Å². The van der Waals surface area contributed by atoms with Crippen LogP contribution in [0.4, 0.5) is 0 Å². The molecule has 0 bridgehead atoms. The van der Waals surface area contributed by atoms with E-state index in [2.05, 4.69) is 4.74 Å². The first kappa shape index (κ1) is 15.3. The molecule has 0 fully saturated rings. The van der Waals surface area contributed by atoms with Gasteiger partial charge in [-0.25, -0.2) is 13.2 Å². The Balaban J connectivity index is 2.34. The molecule has 0 aliphatic rings. The van der Waals surface area contributed by atoms with E-state index in [1.165, 1.54) is 25.3 Å². The van der Waals surface area contributed by atoms with E-state index in [1.54, 1.807) is 18.2 Å². The molecule has 2 N–H and O–H groups in total. The number of sulfone groups is 1. The highest BCUT2D eigenvalue weighted by molar-refractivity contribution is 7.90. The largest absolute Gasteiger partial charge is 0.463 e. The Morgan fingerprint density at radius 1 is 1.29 bits per heavy atom. The lowest BCUT2D eigenvalue weighted by atomic mass is 10.1. The number of rotatable bonds is 4. The van der Waals surface area contributed by atoms with Crippen molar-refractivity contribution < 1.29 is 22.4 Å². The van der Waals surface area contributed by atoms with Gasteiger partial charge in [-0.15, -0.1) is 0 Å². The molecule has 1 heterocycles. The zero-order valence-corrected chi connectivity index (χ0v) is 12.4. The zero-order chi connectivity index (χ0) is 15.6. The third-order valence-corrected chi connectivity index (χ3v) is 4.08. The van der Waals surface area contributed by atoms with Gasteiger partial charge in [0, 0.05) is 6.26 Å². The summed E-state index contributed by atoms with van der Waals surface area (Å²) in [4.78, 5) is 11.5. The van der Waals surface area contributed by atoms with Crippen molar-refractivity contribution in [1.29, 1.82) is 0 Å². The average molecular weight is 309 g/mol. The third-order valence-electron chi connectivity index (χ3n) is 2.97. The minimum atomic E-state index is -3.31. The first-order valence-electron chi connectivity index (χ1n) is 6.06. The summed E-state index contributed by atoms with van der Waals surface area (Å²) in [5.41, 5.74) is 6.62. The molecule has 2 aromatic rings. The van der Waals surface area contributed by atoms with Crippen molar-refractivity contribution in [2.75, 3.05) is 13.4 Å². The van der Waals surface area contributed by atoms with Crippen LogP contribution in [0, 0.1) is 0 Å². The SMILES string of the molecule is COC(=O)c1ccc(C(N)c2cccc(S(C)(=O)=O)c2)o1. The number of methoxy groups -OCH3 is 1. The van der Waals surface area contributed by atoms with Gasteiger partial charge in [0.05, 0.1) is 18.0 Å². The molecule has 6 nitrogen and oxygen atoms in total. The van der Waals surface area contributed by atoms with Gasteiger partial charge in [-0.05, 0) is 29.8 Å². The number of esters is 1. The van der Waals surface area contributed by atoms with Crippen LogP contribution in [0.3, 0.4) is 0 Å². The smallest absolute Gasteiger partial charge is 0.373 e. The predicted molar refractivity (Wildman–Crippen MR) is 75.6 cm³/mol. The Bertz CT molecular complexity index is 763. The van der Waals surface area contributed by atoms with Gasteiger partial charge in [-0.3, -0.25) is 0 Å². The fourth-order valence-corrected chi connectivity index (χ4v) is 2.51. The number of carbonyl (C=O) groups is 1. The highest BCUT2D eigenvalue weighted by Crippen LogP contribution is 2.24. The standard InChI is InChI=1S/C14H15NO5S/c1-19-14(16)12-7-6-11(20-12)13(15)9-4-3-5-10(8-9)21(2,17)18/h3-8,13H,15H2,1-2H3. The van der Waals surface area contributed by atoms with E-state index >= 15 is 0 Å². The van der Waals surface area contributed by atoms with Crippen molar-refractivity contribution in [2.24, 2.45) is 5.73 Å². The molecule has 0 spiro atoms. The van der Waals surface area contributed by atoms with E-state index in [1.807, 2.05) is 0 Å². The van der Waals surface area contributed by atoms with Crippen LogP contribution in [0.5, 0.6) is 0 Å². The number of hydrogen-bond acceptors (Lipinski definition) is 6. The Morgan fingerprint density at radius 3 is 2.62 bits per heavy atom. The van der Waals surface area contributed by atoms with Gasteiger partial charge in [-0.1, -0.05) is 12.1 Å². The second kappa shape index (κ2) is 5.71. The van der Waals surface area contributed by atoms with E-state index < -0.39 is 21.8 Å². The van der Waals surface area contributed by atoms with Gasteiger partial charge in [0.1, 0.15) is 5.76 Å². The number of hydrogen-bond donors (Lipinski definition) is 1. The lowest BCUT2D eigenvalue weighted by Gasteiger charge is -2.10. The van der Waals surface area contributed by atoms with Crippen molar-refractivity contribution in [1.82, 2.24) is 0 Å². The van der Waals surface area contributed by atoms with Crippen molar-refractivity contribution in [3.05, 3.63) is 53.5 Å². The van der Waals surface area contributed by atoms with Gasteiger partial charge in [-0.2, -0.15) is 0 Å². The van der Waals surface area contributed by atoms with Crippen LogP contribution < -0.4 is 5.73 Å². The summed E-state index contributed by atoms with van der Waals surface area (Å²) in [6, 6.07) is 8.62. The van der Waals surface area contributed by atoms with Crippen molar-refractivity contribution >= 4 is 15.8 Å². The minimum absolute atomic E-state index is 0.0437. The molecule has 0 aliphatic carbocycles. The molecule has 1 aromatic carbocycles. The normalized spacial score (nSPS) is 12.9. The van der Waals surface area contributed by atoms with Crippen LogP contribution in [-0.2, 0) is 14.6 Å². The minimum Gasteiger partial charge on any atom is -0.463 e. The maximum absolute atomic E-state index is 11.6. The first-order valence-corrected chi connectivity index (χ1v) is 7.95. The summed E-state index contributed by atoms with van der Waals surface area (Å²) in [6.45, 7) is 0. The number of furan rings is 1. The van der Waals surface area contributed by atoms with Gasteiger partial charge < -0.3 is 14.9 Å². The Labute approximate surface area is 122 Å². The highest BCUT2D eigenvalue weighted by Gasteiger charge is 2.18. The lowest BCUT2D eigenvalue weighted by molar-refractivity contribution is 0.0562. The van der Waals surface area contributed by atoms with Crippen molar-refractivity contribution in [3.63, 3.8) is 0 Å². The van der Waals surface area contributed by atoms with Crippen LogP contribution in [0.2, 0.25) is 0 Å².